The van der Waals surface area contributed by atoms with Crippen LogP contribution >= 0.6 is 0 Å². The fraction of sp³-hybridized carbons (Fsp3) is 0.250. The van der Waals surface area contributed by atoms with Gasteiger partial charge in [0.1, 0.15) is 0 Å². The molecule has 0 spiro atoms. The lowest BCUT2D eigenvalue weighted by atomic mass is 10.1. The molecule has 0 bridgehead atoms. The van der Waals surface area contributed by atoms with Crippen molar-refractivity contribution in [2.75, 3.05) is 11.8 Å². The highest BCUT2D eigenvalue weighted by atomic mass is 32.2. The summed E-state index contributed by atoms with van der Waals surface area (Å²) in [5, 5.41) is 3.06. The number of benzene rings is 2. The fourth-order valence-electron chi connectivity index (χ4n) is 2.18. The predicted molar refractivity (Wildman–Crippen MR) is 86.6 cm³/mol. The van der Waals surface area contributed by atoms with Gasteiger partial charge in [0, 0.05) is 12.2 Å². The smallest absolute Gasteiger partial charge is 0.236 e. The van der Waals surface area contributed by atoms with Crippen LogP contribution in [-0.2, 0) is 22.3 Å². The van der Waals surface area contributed by atoms with Crippen LogP contribution in [0.5, 0.6) is 0 Å². The number of hydrogen-bond acceptors (Lipinski definition) is 3. The van der Waals surface area contributed by atoms with E-state index >= 15 is 0 Å². The second-order valence-corrected chi connectivity index (χ2v) is 6.80. The van der Waals surface area contributed by atoms with Crippen molar-refractivity contribution in [3.8, 4) is 0 Å². The maximum atomic E-state index is 12.2. The molecular weight excluding hydrogens is 284 g/mol. The summed E-state index contributed by atoms with van der Waals surface area (Å²) in [4.78, 5) is 0. The van der Waals surface area contributed by atoms with E-state index in [1.165, 1.54) is 0 Å². The molecule has 0 heterocycles. The van der Waals surface area contributed by atoms with E-state index in [9.17, 15) is 8.42 Å². The summed E-state index contributed by atoms with van der Waals surface area (Å²) in [7, 11) is -1.54. The van der Waals surface area contributed by atoms with Crippen LogP contribution in [-0.4, -0.2) is 15.5 Å². The van der Waals surface area contributed by atoms with Crippen LogP contribution in [0.3, 0.4) is 0 Å². The first-order valence-electron chi connectivity index (χ1n) is 6.78. The summed E-state index contributed by atoms with van der Waals surface area (Å²) in [6, 6.07) is 14.9. The van der Waals surface area contributed by atoms with Crippen molar-refractivity contribution in [3.63, 3.8) is 0 Å². The molecule has 0 unspecified atom stereocenters. The van der Waals surface area contributed by atoms with Crippen LogP contribution in [0, 0.1) is 6.92 Å². The van der Waals surface area contributed by atoms with Crippen molar-refractivity contribution in [3.05, 3.63) is 65.2 Å². The number of sulfonamides is 1. The van der Waals surface area contributed by atoms with Gasteiger partial charge in [0.25, 0.3) is 0 Å². The largest absolute Gasteiger partial charge is 0.316 e. The molecule has 0 fully saturated rings. The summed E-state index contributed by atoms with van der Waals surface area (Å²) in [5.41, 5.74) is 3.47. The van der Waals surface area contributed by atoms with E-state index in [0.717, 1.165) is 23.2 Å². The minimum absolute atomic E-state index is 0.0293. The minimum atomic E-state index is -3.41. The molecule has 0 saturated heterocycles. The zero-order valence-corrected chi connectivity index (χ0v) is 13.1. The lowest BCUT2D eigenvalue weighted by Crippen LogP contribution is -2.15. The zero-order valence-electron chi connectivity index (χ0n) is 12.3. The van der Waals surface area contributed by atoms with E-state index in [1.807, 2.05) is 56.4 Å². The summed E-state index contributed by atoms with van der Waals surface area (Å²) >= 11 is 0. The van der Waals surface area contributed by atoms with Gasteiger partial charge in [-0.3, -0.25) is 4.72 Å². The summed E-state index contributed by atoms with van der Waals surface area (Å²) in [5.74, 6) is -0.0293. The third-order valence-corrected chi connectivity index (χ3v) is 4.28. The standard InChI is InChI=1S/C16H20N2O2S/c1-13-5-3-8-16(9-13)18-21(19,20)12-15-7-4-6-14(10-15)11-17-2/h3-10,17-18H,11-12H2,1-2H3. The molecule has 0 aromatic heterocycles. The monoisotopic (exact) mass is 304 g/mol. The van der Waals surface area contributed by atoms with Crippen molar-refractivity contribution in [1.29, 1.82) is 0 Å². The second-order valence-electron chi connectivity index (χ2n) is 5.08. The van der Waals surface area contributed by atoms with Crippen LogP contribution in [0.15, 0.2) is 48.5 Å². The molecule has 0 amide bonds. The first-order chi connectivity index (χ1) is 9.98. The maximum absolute atomic E-state index is 12.2. The molecule has 21 heavy (non-hydrogen) atoms. The average molecular weight is 304 g/mol. The molecule has 0 atom stereocenters. The lowest BCUT2D eigenvalue weighted by Gasteiger charge is -2.09. The fourth-order valence-corrected chi connectivity index (χ4v) is 3.35. The number of aryl methyl sites for hydroxylation is 1. The van der Waals surface area contributed by atoms with Crippen molar-refractivity contribution >= 4 is 15.7 Å². The summed E-state index contributed by atoms with van der Waals surface area (Å²) < 4.78 is 27.1. The van der Waals surface area contributed by atoms with E-state index < -0.39 is 10.0 Å². The van der Waals surface area contributed by atoms with E-state index in [4.69, 9.17) is 0 Å². The minimum Gasteiger partial charge on any atom is -0.316 e. The third-order valence-electron chi connectivity index (χ3n) is 3.02. The Balaban J connectivity index is 2.12. The van der Waals surface area contributed by atoms with Gasteiger partial charge in [-0.2, -0.15) is 0 Å². The van der Waals surface area contributed by atoms with Gasteiger partial charge < -0.3 is 5.32 Å². The average Bonchev–Trinajstić information content (AvgIpc) is 2.38. The van der Waals surface area contributed by atoms with Crippen molar-refractivity contribution in [2.45, 2.75) is 19.2 Å². The van der Waals surface area contributed by atoms with Gasteiger partial charge in [0.2, 0.25) is 10.0 Å². The highest BCUT2D eigenvalue weighted by Crippen LogP contribution is 2.15. The third kappa shape index (κ3) is 4.88. The Kier molecular flexibility index (Phi) is 4.98. The maximum Gasteiger partial charge on any atom is 0.236 e. The quantitative estimate of drug-likeness (QED) is 0.862. The molecule has 2 aromatic rings. The van der Waals surface area contributed by atoms with Crippen LogP contribution in [0.1, 0.15) is 16.7 Å². The molecule has 0 aliphatic carbocycles. The van der Waals surface area contributed by atoms with Gasteiger partial charge in [0.05, 0.1) is 5.75 Å². The van der Waals surface area contributed by atoms with Crippen molar-refractivity contribution in [1.82, 2.24) is 5.32 Å². The van der Waals surface area contributed by atoms with E-state index in [1.54, 1.807) is 6.07 Å². The molecule has 0 aliphatic heterocycles. The van der Waals surface area contributed by atoms with Crippen LogP contribution in [0.4, 0.5) is 5.69 Å². The Labute approximate surface area is 126 Å². The molecule has 2 rings (SSSR count). The Morgan fingerprint density at radius 1 is 1.00 bits per heavy atom. The van der Waals surface area contributed by atoms with Crippen molar-refractivity contribution in [2.24, 2.45) is 0 Å². The zero-order chi connectivity index (χ0) is 15.3. The highest BCUT2D eigenvalue weighted by molar-refractivity contribution is 7.91. The highest BCUT2D eigenvalue weighted by Gasteiger charge is 2.12. The molecule has 5 heteroatoms. The Morgan fingerprint density at radius 2 is 1.71 bits per heavy atom. The normalized spacial score (nSPS) is 11.3. The molecule has 4 nitrogen and oxygen atoms in total. The van der Waals surface area contributed by atoms with Gasteiger partial charge in [-0.25, -0.2) is 8.42 Å². The molecule has 2 aromatic carbocycles. The number of hydrogen-bond donors (Lipinski definition) is 2. The molecule has 0 saturated carbocycles. The molecular formula is C16H20N2O2S. The molecule has 0 radical (unpaired) electrons. The van der Waals surface area contributed by atoms with E-state index in [-0.39, 0.29) is 5.75 Å². The topological polar surface area (TPSA) is 58.2 Å². The Hall–Kier alpha value is -1.85. The number of rotatable bonds is 6. The van der Waals surface area contributed by atoms with Crippen LogP contribution < -0.4 is 10.0 Å². The van der Waals surface area contributed by atoms with Crippen LogP contribution in [0.2, 0.25) is 0 Å². The number of nitrogens with one attached hydrogen (secondary N) is 2. The molecule has 2 N–H and O–H groups in total. The number of anilines is 1. The van der Waals surface area contributed by atoms with E-state index in [2.05, 4.69) is 10.0 Å². The Morgan fingerprint density at radius 3 is 2.43 bits per heavy atom. The van der Waals surface area contributed by atoms with Gasteiger partial charge in [-0.15, -0.1) is 0 Å². The van der Waals surface area contributed by atoms with Gasteiger partial charge >= 0.3 is 0 Å². The van der Waals surface area contributed by atoms with E-state index in [0.29, 0.717) is 5.69 Å². The van der Waals surface area contributed by atoms with Crippen molar-refractivity contribution < 1.29 is 8.42 Å². The Bertz CT molecular complexity index is 712. The summed E-state index contributed by atoms with van der Waals surface area (Å²) in [6.07, 6.45) is 0. The molecule has 112 valence electrons. The molecule has 0 aliphatic rings. The SMILES string of the molecule is CNCc1cccc(CS(=O)(=O)Nc2cccc(C)c2)c1. The summed E-state index contributed by atoms with van der Waals surface area (Å²) in [6.45, 7) is 2.65. The predicted octanol–water partition coefficient (Wildman–Crippen LogP) is 2.66. The van der Waals surface area contributed by atoms with Gasteiger partial charge in [0.15, 0.2) is 0 Å². The van der Waals surface area contributed by atoms with Crippen LogP contribution in [0.25, 0.3) is 0 Å². The lowest BCUT2D eigenvalue weighted by molar-refractivity contribution is 0.600. The van der Waals surface area contributed by atoms with Gasteiger partial charge in [-0.1, -0.05) is 36.4 Å². The first-order valence-corrected chi connectivity index (χ1v) is 8.43. The van der Waals surface area contributed by atoms with Gasteiger partial charge in [-0.05, 0) is 42.8 Å². The second kappa shape index (κ2) is 6.74. The first kappa shape index (κ1) is 15.5.